The second kappa shape index (κ2) is 20.4. The van der Waals surface area contributed by atoms with Gasteiger partial charge in [0.25, 0.3) is 11.1 Å². The van der Waals surface area contributed by atoms with Gasteiger partial charge in [-0.1, -0.05) is 60.7 Å². The Morgan fingerprint density at radius 1 is 0.618 bits per heavy atom. The quantitative estimate of drug-likeness (QED) is 0.118. The van der Waals surface area contributed by atoms with Gasteiger partial charge in [-0.15, -0.1) is 0 Å². The van der Waals surface area contributed by atoms with Crippen LogP contribution in [-0.4, -0.2) is 93.6 Å². The molecule has 8 atom stereocenters. The number of hydrogen-bond acceptors (Lipinski definition) is 10. The molecule has 2 aliphatic carbocycles. The third-order valence-electron chi connectivity index (χ3n) is 15.3. The normalized spacial score (nSPS) is 26.0. The van der Waals surface area contributed by atoms with E-state index in [4.69, 9.17) is 9.47 Å². The summed E-state index contributed by atoms with van der Waals surface area (Å²) in [6, 6.07) is 22.6. The van der Waals surface area contributed by atoms with E-state index < -0.39 is 11.8 Å². The van der Waals surface area contributed by atoms with Crippen LogP contribution in [0, 0.1) is 35.5 Å². The Kier molecular flexibility index (Phi) is 14.2. The lowest BCUT2D eigenvalue weighted by Crippen LogP contribution is -2.46. The Morgan fingerprint density at radius 2 is 1.01 bits per heavy atom. The smallest absolute Gasteiger partial charge is 0.258 e. The minimum Gasteiger partial charge on any atom is -0.496 e. The zero-order valence-electron chi connectivity index (χ0n) is 39.6. The number of fused-ring (bicyclic) bond motifs is 8. The summed E-state index contributed by atoms with van der Waals surface area (Å²) >= 11 is 0. The number of hydrogen-bond donors (Lipinski definition) is 4. The number of aliphatic hydroxyl groups excluding tert-OH is 2. The summed E-state index contributed by atoms with van der Waals surface area (Å²) in [6.45, 7) is 7.00. The molecule has 4 N–H and O–H groups in total. The van der Waals surface area contributed by atoms with Crippen LogP contribution in [0.2, 0.25) is 0 Å². The molecule has 360 valence electrons. The first-order chi connectivity index (χ1) is 33.1. The number of allylic oxidation sites excluding steroid dienone is 2. The zero-order valence-corrected chi connectivity index (χ0v) is 39.6. The van der Waals surface area contributed by atoms with E-state index in [-0.39, 0.29) is 72.1 Å². The van der Waals surface area contributed by atoms with Gasteiger partial charge in [0, 0.05) is 110 Å². The fraction of sp³-hybridized carbons (Fsp3) is 0.481. The molecule has 0 spiro atoms. The summed E-state index contributed by atoms with van der Waals surface area (Å²) in [5.74, 6) is 1.30. The van der Waals surface area contributed by atoms with Crippen molar-refractivity contribution in [3.63, 3.8) is 0 Å². The number of nitrogens with one attached hydrogen (secondary N) is 2. The first-order valence-electron chi connectivity index (χ1n) is 24.4. The molecule has 14 nitrogen and oxygen atoms in total. The minimum absolute atomic E-state index is 0.0260. The van der Waals surface area contributed by atoms with Crippen LogP contribution in [0.4, 0.5) is 0 Å². The fourth-order valence-electron chi connectivity index (χ4n) is 11.6. The number of rotatable bonds is 16. The molecule has 2 aromatic heterocycles. The predicted octanol–water partition coefficient (Wildman–Crippen LogP) is 5.16. The van der Waals surface area contributed by atoms with Crippen molar-refractivity contribution < 1.29 is 29.3 Å². The molecule has 2 aromatic carbocycles. The van der Waals surface area contributed by atoms with Crippen molar-refractivity contribution in [2.24, 2.45) is 35.5 Å². The lowest BCUT2D eigenvalue weighted by molar-refractivity contribution is -0.128. The van der Waals surface area contributed by atoms with Crippen molar-refractivity contribution in [3.05, 3.63) is 139 Å². The van der Waals surface area contributed by atoms with Crippen LogP contribution in [0.5, 0.6) is 11.5 Å². The van der Waals surface area contributed by atoms with Gasteiger partial charge < -0.3 is 39.5 Å². The predicted molar refractivity (Wildman–Crippen MR) is 261 cm³/mol. The number of aliphatic hydroxyl groups is 2. The molecular formula is C54H66N6O8. The summed E-state index contributed by atoms with van der Waals surface area (Å²) in [4.78, 5) is 58.2. The Balaban J connectivity index is 0.000000170. The molecule has 2 amide bonds. The van der Waals surface area contributed by atoms with Crippen LogP contribution in [0.1, 0.15) is 85.3 Å². The lowest BCUT2D eigenvalue weighted by atomic mass is 9.86. The maximum Gasteiger partial charge on any atom is 0.258 e. The van der Waals surface area contributed by atoms with Gasteiger partial charge in [0.05, 0.1) is 38.1 Å². The number of carbonyl (C=O) groups excluding carboxylic acids is 2. The van der Waals surface area contributed by atoms with Crippen LogP contribution < -0.4 is 31.2 Å². The van der Waals surface area contributed by atoms with E-state index in [2.05, 4.69) is 20.4 Å². The Bertz CT molecular complexity index is 2490. The van der Waals surface area contributed by atoms with E-state index in [1.807, 2.05) is 120 Å². The van der Waals surface area contributed by atoms with Gasteiger partial charge >= 0.3 is 0 Å². The fourth-order valence-corrected chi connectivity index (χ4v) is 11.6. The van der Waals surface area contributed by atoms with Gasteiger partial charge in [-0.05, 0) is 87.8 Å². The molecule has 4 bridgehead atoms. The van der Waals surface area contributed by atoms with E-state index in [0.717, 1.165) is 59.7 Å². The highest BCUT2D eigenvalue weighted by Crippen LogP contribution is 2.51. The largest absolute Gasteiger partial charge is 0.496 e. The molecule has 10 rings (SSSR count). The molecule has 4 aromatic rings. The summed E-state index contributed by atoms with van der Waals surface area (Å²) < 4.78 is 14.8. The highest BCUT2D eigenvalue weighted by Gasteiger charge is 2.57. The molecule has 0 unspecified atom stereocenters. The third-order valence-corrected chi connectivity index (χ3v) is 15.3. The van der Waals surface area contributed by atoms with Gasteiger partial charge in [0.2, 0.25) is 11.8 Å². The zero-order chi connectivity index (χ0) is 47.6. The highest BCUT2D eigenvalue weighted by atomic mass is 16.5. The van der Waals surface area contributed by atoms with E-state index >= 15 is 0 Å². The molecule has 4 fully saturated rings. The summed E-state index contributed by atoms with van der Waals surface area (Å²) in [6.07, 6.45) is 12.0. The Morgan fingerprint density at radius 3 is 1.37 bits per heavy atom. The average Bonchev–Trinajstić information content (AvgIpc) is 4.30. The summed E-state index contributed by atoms with van der Waals surface area (Å²) in [5.41, 5.74) is 4.92. The van der Waals surface area contributed by atoms with Gasteiger partial charge in [-0.2, -0.15) is 0 Å². The Hall–Kier alpha value is -5.80. The van der Waals surface area contributed by atoms with E-state index in [1.54, 1.807) is 14.2 Å². The van der Waals surface area contributed by atoms with Crippen molar-refractivity contribution in [1.29, 1.82) is 0 Å². The molecular weight excluding hydrogens is 861 g/mol. The Labute approximate surface area is 398 Å². The number of ether oxygens (including phenoxy) is 2. The lowest BCUT2D eigenvalue weighted by Gasteiger charge is -2.38. The number of amides is 2. The topological polar surface area (TPSA) is 168 Å². The third kappa shape index (κ3) is 9.11. The second-order valence-corrected chi connectivity index (χ2v) is 19.4. The number of aromatic nitrogens is 2. The van der Waals surface area contributed by atoms with E-state index in [9.17, 15) is 29.4 Å². The van der Waals surface area contributed by atoms with Gasteiger partial charge in [0.1, 0.15) is 11.5 Å². The van der Waals surface area contributed by atoms with Gasteiger partial charge in [-0.3, -0.25) is 29.0 Å². The molecule has 68 heavy (non-hydrogen) atoms. The molecule has 4 aliphatic heterocycles. The van der Waals surface area contributed by atoms with Crippen LogP contribution in [0.15, 0.2) is 94.5 Å². The van der Waals surface area contributed by atoms with Crippen molar-refractivity contribution in [2.45, 2.75) is 89.9 Å². The van der Waals surface area contributed by atoms with Crippen LogP contribution in [-0.2, 0) is 35.8 Å². The second-order valence-electron chi connectivity index (χ2n) is 19.4. The number of pyridine rings is 2. The standard InChI is InChI=1S/2C27H33N3O4/c2*1-3-6-18-11-12-21-25-24(26(32)28-13-17-9-10-17)20(16-31)22(15-30(21)27(18)33)29(25)14-19-7-4-5-8-23(19)34-2/h2*3-8,11-12,17,20,22,24-25,31H,9-10,13-16H2,1-2H3,(H,28,32)/b6-3+;6-3-/t2*20-,22-,24+,25+/m11/s1. The van der Waals surface area contributed by atoms with Crippen molar-refractivity contribution in [1.82, 2.24) is 29.6 Å². The maximum atomic E-state index is 13.5. The van der Waals surface area contributed by atoms with Crippen molar-refractivity contribution in [3.8, 4) is 11.5 Å². The van der Waals surface area contributed by atoms with Gasteiger partial charge in [0.15, 0.2) is 0 Å². The molecule has 6 aliphatic rings. The first kappa shape index (κ1) is 47.3. The van der Waals surface area contributed by atoms with Crippen LogP contribution in [0.3, 0.4) is 0 Å². The summed E-state index contributed by atoms with van der Waals surface area (Å²) in [7, 11) is 3.32. The van der Waals surface area contributed by atoms with Crippen LogP contribution in [0.25, 0.3) is 12.2 Å². The van der Waals surface area contributed by atoms with Crippen LogP contribution >= 0.6 is 0 Å². The molecule has 14 heteroatoms. The summed E-state index contributed by atoms with van der Waals surface area (Å²) in [5, 5.41) is 27.2. The van der Waals surface area contributed by atoms with E-state index in [0.29, 0.717) is 62.2 Å². The number of nitrogens with zero attached hydrogens (tertiary/aromatic N) is 4. The number of para-hydroxylation sites is 2. The number of carbonyl (C=O) groups is 2. The first-order valence-corrected chi connectivity index (χ1v) is 24.4. The van der Waals surface area contributed by atoms with Gasteiger partial charge in [-0.25, -0.2) is 0 Å². The van der Waals surface area contributed by atoms with Crippen molar-refractivity contribution in [2.75, 3.05) is 40.5 Å². The highest BCUT2D eigenvalue weighted by molar-refractivity contribution is 5.81. The maximum absolute atomic E-state index is 13.5. The van der Waals surface area contributed by atoms with E-state index in [1.165, 1.54) is 0 Å². The van der Waals surface area contributed by atoms with Crippen molar-refractivity contribution >= 4 is 24.0 Å². The molecule has 2 saturated heterocycles. The number of methoxy groups -OCH3 is 2. The molecule has 2 saturated carbocycles. The number of benzene rings is 2. The minimum atomic E-state index is -0.427. The monoisotopic (exact) mass is 926 g/mol. The SMILES string of the molecule is C/C=C/c1ccc2n(c1=O)C[C@@H]1[C@@H](CO)[C@H](C(=O)NCC3CC3)[C@H]2N1Cc1ccccc1OC.C/C=C\c1ccc2n(c1=O)C[C@@H]1[C@@H](CO)[C@H](C(=O)NCC3CC3)[C@H]2N1Cc1ccccc1OC. The molecule has 0 radical (unpaired) electrons. The average molecular weight is 927 g/mol. The molecule has 6 heterocycles.